The summed E-state index contributed by atoms with van der Waals surface area (Å²) in [7, 11) is 0. The number of anilines is 1. The molecule has 0 aliphatic rings. The highest BCUT2D eigenvalue weighted by atomic mass is 35.5. The molecule has 3 aromatic carbocycles. The van der Waals surface area contributed by atoms with Crippen LogP contribution >= 0.6 is 23.2 Å². The number of aromatic amines is 1. The summed E-state index contributed by atoms with van der Waals surface area (Å²) in [6, 6.07) is 22.5. The van der Waals surface area contributed by atoms with Gasteiger partial charge in [-0.1, -0.05) is 71.7 Å². The fraction of sp³-hybridized carbons (Fsp3) is 0.219. The molecule has 0 saturated carbocycles. The summed E-state index contributed by atoms with van der Waals surface area (Å²) in [5.41, 5.74) is 3.13. The molecule has 48 heavy (non-hydrogen) atoms. The number of aromatic nitrogens is 2. The average molecular weight is 710 g/mol. The number of carboxylic acid groups (broad SMARTS) is 1. The van der Waals surface area contributed by atoms with E-state index in [-0.39, 0.29) is 35.1 Å². The van der Waals surface area contributed by atoms with E-state index in [1.54, 1.807) is 37.3 Å². The van der Waals surface area contributed by atoms with Crippen molar-refractivity contribution >= 4 is 52.8 Å². The van der Waals surface area contributed by atoms with Crippen LogP contribution in [0.5, 0.6) is 0 Å². The Morgan fingerprint density at radius 3 is 2.21 bits per heavy atom. The van der Waals surface area contributed by atoms with Crippen LogP contribution in [0.4, 0.5) is 19.0 Å². The fourth-order valence-corrected chi connectivity index (χ4v) is 4.59. The number of aliphatic carboxylic acids is 1. The Morgan fingerprint density at radius 2 is 1.60 bits per heavy atom. The lowest BCUT2D eigenvalue weighted by molar-refractivity contribution is -0.192. The van der Waals surface area contributed by atoms with E-state index in [0.717, 1.165) is 16.7 Å². The summed E-state index contributed by atoms with van der Waals surface area (Å²) >= 11 is 12.2. The Balaban J connectivity index is 0.000000804. The standard InChI is InChI=1S/C30H28Cl2N4O5.C2HF3O2/c1-2-41-30(40)26(37)16-22(14-18-10-12-19(13-11-18)20-6-5-7-21(31)15-20)33-29(39)25-17-27(36-35-25)34-28(38)23-8-3-4-9-24(23)32;3-2(4,5)1(6)7/h3-13,15,17,22,26,37H,2,14,16H2,1H3,(H,33,39)(H2,34,35,36,38);(H,6,7)/t22-,26-;/m1./s1. The molecule has 0 fully saturated rings. The van der Waals surface area contributed by atoms with E-state index >= 15 is 0 Å². The third-order valence-corrected chi connectivity index (χ3v) is 6.99. The van der Waals surface area contributed by atoms with Gasteiger partial charge in [-0.05, 0) is 54.3 Å². The second kappa shape index (κ2) is 17.3. The lowest BCUT2D eigenvalue weighted by Crippen LogP contribution is -2.41. The third kappa shape index (κ3) is 11.4. The number of aliphatic hydroxyl groups excluding tert-OH is 1. The number of nitrogens with zero attached hydrogens (tertiary/aromatic N) is 1. The zero-order chi connectivity index (χ0) is 35.4. The summed E-state index contributed by atoms with van der Waals surface area (Å²) < 4.78 is 36.7. The van der Waals surface area contributed by atoms with E-state index in [4.69, 9.17) is 37.8 Å². The summed E-state index contributed by atoms with van der Waals surface area (Å²) in [5.74, 6) is -4.42. The average Bonchev–Trinajstić information content (AvgIpc) is 3.50. The molecule has 16 heteroatoms. The van der Waals surface area contributed by atoms with Crippen molar-refractivity contribution < 1.29 is 47.3 Å². The van der Waals surface area contributed by atoms with E-state index in [0.29, 0.717) is 11.4 Å². The molecule has 0 bridgehead atoms. The first kappa shape index (κ1) is 37.5. The van der Waals surface area contributed by atoms with Crippen molar-refractivity contribution in [3.63, 3.8) is 0 Å². The van der Waals surface area contributed by atoms with Gasteiger partial charge in [-0.25, -0.2) is 9.59 Å². The van der Waals surface area contributed by atoms with Crippen molar-refractivity contribution in [3.05, 3.63) is 106 Å². The number of alkyl halides is 3. The molecule has 0 saturated heterocycles. The van der Waals surface area contributed by atoms with Gasteiger partial charge in [0, 0.05) is 23.6 Å². The number of carbonyl (C=O) groups is 4. The Labute approximate surface area is 282 Å². The Morgan fingerprint density at radius 1 is 0.938 bits per heavy atom. The van der Waals surface area contributed by atoms with E-state index < -0.39 is 42.1 Å². The first-order chi connectivity index (χ1) is 22.7. The number of hydrogen-bond acceptors (Lipinski definition) is 7. The zero-order valence-electron chi connectivity index (χ0n) is 25.1. The van der Waals surface area contributed by atoms with E-state index in [1.807, 2.05) is 42.5 Å². The number of nitrogens with one attached hydrogen (secondary N) is 3. The van der Waals surface area contributed by atoms with Crippen LogP contribution in [0, 0.1) is 0 Å². The third-order valence-electron chi connectivity index (χ3n) is 6.42. The first-order valence-electron chi connectivity index (χ1n) is 14.1. The van der Waals surface area contributed by atoms with Crippen LogP contribution in [0.3, 0.4) is 0 Å². The number of ether oxygens (including phenoxy) is 1. The van der Waals surface area contributed by atoms with Gasteiger partial charge < -0.3 is 25.6 Å². The van der Waals surface area contributed by atoms with Crippen LogP contribution in [0.1, 0.15) is 39.8 Å². The number of esters is 1. The quantitative estimate of drug-likeness (QED) is 0.120. The van der Waals surface area contributed by atoms with Gasteiger partial charge in [0.1, 0.15) is 5.69 Å². The molecule has 0 radical (unpaired) electrons. The van der Waals surface area contributed by atoms with Crippen molar-refractivity contribution in [3.8, 4) is 11.1 Å². The maximum atomic E-state index is 13.1. The number of H-pyrrole nitrogens is 1. The molecule has 2 amide bonds. The molecule has 254 valence electrons. The Kier molecular flexibility index (Phi) is 13.5. The second-order valence-electron chi connectivity index (χ2n) is 9.99. The van der Waals surface area contributed by atoms with E-state index in [2.05, 4.69) is 20.8 Å². The van der Waals surface area contributed by atoms with Gasteiger partial charge in [-0.3, -0.25) is 14.7 Å². The van der Waals surface area contributed by atoms with Gasteiger partial charge in [0.05, 0.1) is 17.2 Å². The van der Waals surface area contributed by atoms with Gasteiger partial charge in [0.2, 0.25) is 0 Å². The van der Waals surface area contributed by atoms with Gasteiger partial charge >= 0.3 is 18.1 Å². The van der Waals surface area contributed by atoms with Gasteiger partial charge in [0.15, 0.2) is 11.9 Å². The summed E-state index contributed by atoms with van der Waals surface area (Å²) in [6.45, 7) is 1.76. The molecular formula is C32H29Cl2F3N4O7. The number of carbonyl (C=O) groups excluding carboxylic acids is 3. The van der Waals surface area contributed by atoms with Crippen LogP contribution in [0.2, 0.25) is 10.0 Å². The Hall–Kier alpha value is -4.92. The number of hydrogen-bond donors (Lipinski definition) is 5. The number of rotatable bonds is 11. The molecule has 1 heterocycles. The van der Waals surface area contributed by atoms with Crippen LogP contribution in [0.25, 0.3) is 11.1 Å². The van der Waals surface area contributed by atoms with Crippen molar-refractivity contribution in [2.75, 3.05) is 11.9 Å². The molecule has 4 rings (SSSR count). The first-order valence-corrected chi connectivity index (χ1v) is 14.8. The minimum Gasteiger partial charge on any atom is -0.475 e. The van der Waals surface area contributed by atoms with Crippen molar-refractivity contribution in [2.45, 2.75) is 38.1 Å². The normalized spacial score (nSPS) is 12.1. The van der Waals surface area contributed by atoms with Crippen LogP contribution in [-0.2, 0) is 20.7 Å². The molecule has 4 aromatic rings. The summed E-state index contributed by atoms with van der Waals surface area (Å²) in [6.07, 6.45) is -6.27. The molecule has 0 aliphatic heterocycles. The molecule has 11 nitrogen and oxygen atoms in total. The lowest BCUT2D eigenvalue weighted by Gasteiger charge is -2.21. The minimum absolute atomic E-state index is 0.0754. The van der Waals surface area contributed by atoms with Crippen molar-refractivity contribution in [1.29, 1.82) is 0 Å². The molecule has 0 aliphatic carbocycles. The minimum atomic E-state index is -5.08. The molecule has 2 atom stereocenters. The van der Waals surface area contributed by atoms with Gasteiger partial charge in [-0.2, -0.15) is 18.3 Å². The highest BCUT2D eigenvalue weighted by molar-refractivity contribution is 6.34. The van der Waals surface area contributed by atoms with E-state index in [1.165, 1.54) is 6.07 Å². The van der Waals surface area contributed by atoms with Crippen LogP contribution in [0.15, 0.2) is 78.9 Å². The number of halogens is 5. The highest BCUT2D eigenvalue weighted by Crippen LogP contribution is 2.24. The van der Waals surface area contributed by atoms with Crippen LogP contribution in [-0.4, -0.2) is 69.1 Å². The molecule has 1 aromatic heterocycles. The monoisotopic (exact) mass is 708 g/mol. The largest absolute Gasteiger partial charge is 0.490 e. The lowest BCUT2D eigenvalue weighted by atomic mass is 9.97. The van der Waals surface area contributed by atoms with E-state index in [9.17, 15) is 32.7 Å². The predicted octanol–water partition coefficient (Wildman–Crippen LogP) is 5.92. The molecule has 0 spiro atoms. The van der Waals surface area contributed by atoms with Gasteiger partial charge in [-0.15, -0.1) is 0 Å². The SMILES string of the molecule is CCOC(=O)[C@H](O)C[C@@H](Cc1ccc(-c2cccc(Cl)c2)cc1)NC(=O)c1cc(NC(=O)c2ccccc2Cl)n[nH]1.O=C(O)C(F)(F)F. The molecular weight excluding hydrogens is 680 g/mol. The van der Waals surface area contributed by atoms with Crippen molar-refractivity contribution in [2.24, 2.45) is 0 Å². The topological polar surface area (TPSA) is 171 Å². The molecule has 0 unspecified atom stereocenters. The number of aliphatic hydroxyl groups is 1. The smallest absolute Gasteiger partial charge is 0.475 e. The predicted molar refractivity (Wildman–Crippen MR) is 171 cm³/mol. The maximum Gasteiger partial charge on any atom is 0.490 e. The molecule has 5 N–H and O–H groups in total. The summed E-state index contributed by atoms with van der Waals surface area (Å²) in [5, 5.41) is 30.5. The fourth-order valence-electron chi connectivity index (χ4n) is 4.18. The maximum absolute atomic E-state index is 13.1. The number of amides is 2. The zero-order valence-corrected chi connectivity index (χ0v) is 26.6. The highest BCUT2D eigenvalue weighted by Gasteiger charge is 2.38. The summed E-state index contributed by atoms with van der Waals surface area (Å²) in [4.78, 5) is 46.6. The van der Waals surface area contributed by atoms with Gasteiger partial charge in [0.25, 0.3) is 11.8 Å². The van der Waals surface area contributed by atoms with Crippen molar-refractivity contribution in [1.82, 2.24) is 15.5 Å². The number of carboxylic acids is 1. The number of benzene rings is 3. The Bertz CT molecular complexity index is 1730. The second-order valence-corrected chi connectivity index (χ2v) is 10.8. The van der Waals surface area contributed by atoms with Crippen LogP contribution < -0.4 is 10.6 Å².